The Morgan fingerprint density at radius 3 is 1.45 bits per heavy atom. The Morgan fingerprint density at radius 1 is 1.00 bits per heavy atom. The van der Waals surface area contributed by atoms with Crippen molar-refractivity contribution in [3.05, 3.63) is 9.52 Å². The van der Waals surface area contributed by atoms with Crippen LogP contribution >= 0.6 is 69.6 Å². The van der Waals surface area contributed by atoms with E-state index in [1.807, 2.05) is 0 Å². The molecule has 0 radical (unpaired) electrons. The average molecular weight is 277 g/mol. The van der Waals surface area contributed by atoms with Gasteiger partial charge in [0.1, 0.15) is 4.49 Å². The Hall–Kier alpha value is 1.15. The number of rotatable bonds is 2. The summed E-state index contributed by atoms with van der Waals surface area (Å²) >= 11 is 31.4. The first-order valence-corrected chi connectivity index (χ1v) is 4.36. The van der Waals surface area contributed by atoms with Gasteiger partial charge >= 0.3 is 0 Å². The Labute approximate surface area is 93.1 Å². The maximum atomic E-state index is 10.5. The summed E-state index contributed by atoms with van der Waals surface area (Å²) in [5.41, 5.74) is 0. The molecule has 0 heterocycles. The summed E-state index contributed by atoms with van der Waals surface area (Å²) in [5.74, 6) is 0. The molecule has 0 unspecified atom stereocenters. The number of allylic oxidation sites excluding steroid dienone is 1. The lowest BCUT2D eigenvalue weighted by Gasteiger charge is -2.12. The molecule has 0 atom stereocenters. The van der Waals surface area contributed by atoms with E-state index in [-0.39, 0.29) is 0 Å². The molecule has 0 aromatic rings. The van der Waals surface area contributed by atoms with Crippen LogP contribution in [0, 0.1) is 0 Å². The molecular formula is C4Cl6O. The van der Waals surface area contributed by atoms with Crippen LogP contribution in [0.2, 0.25) is 0 Å². The molecule has 0 aromatic carbocycles. The largest absolute Gasteiger partial charge is 0.277 e. The van der Waals surface area contributed by atoms with Crippen LogP contribution in [0.1, 0.15) is 0 Å². The van der Waals surface area contributed by atoms with E-state index < -0.39 is 19.1 Å². The van der Waals surface area contributed by atoms with Crippen molar-refractivity contribution in [3.8, 4) is 0 Å². The summed E-state index contributed by atoms with van der Waals surface area (Å²) in [6, 6.07) is 0. The molecular weight excluding hydrogens is 277 g/mol. The summed E-state index contributed by atoms with van der Waals surface area (Å²) in [4.78, 5) is 10.5. The minimum Gasteiger partial charge on any atom is -0.277 e. The molecule has 0 amide bonds. The molecule has 7 heteroatoms. The summed E-state index contributed by atoms with van der Waals surface area (Å²) in [5, 5.41) is -1.48. The van der Waals surface area contributed by atoms with E-state index in [0.29, 0.717) is 0 Å². The highest BCUT2D eigenvalue weighted by molar-refractivity contribution is 6.82. The van der Waals surface area contributed by atoms with Crippen molar-refractivity contribution in [2.75, 3.05) is 0 Å². The SMILES string of the molecule is O=C(Cl)C(Cl)(Cl)C(Cl)=C(Cl)Cl. The van der Waals surface area contributed by atoms with E-state index in [1.54, 1.807) is 0 Å². The molecule has 11 heavy (non-hydrogen) atoms. The van der Waals surface area contributed by atoms with E-state index in [4.69, 9.17) is 69.6 Å². The lowest BCUT2D eigenvalue weighted by atomic mass is 10.4. The summed E-state index contributed by atoms with van der Waals surface area (Å²) in [7, 11) is 0. The van der Waals surface area contributed by atoms with E-state index in [0.717, 1.165) is 0 Å². The summed E-state index contributed by atoms with van der Waals surface area (Å²) in [6.07, 6.45) is 0. The quantitative estimate of drug-likeness (QED) is 0.554. The molecule has 0 spiro atoms. The zero-order chi connectivity index (χ0) is 9.23. The smallest absolute Gasteiger partial charge is 0.263 e. The van der Waals surface area contributed by atoms with Gasteiger partial charge in [-0.3, -0.25) is 4.79 Å². The minimum absolute atomic E-state index is 0.398. The van der Waals surface area contributed by atoms with Crippen molar-refractivity contribution in [2.24, 2.45) is 0 Å². The molecule has 0 aliphatic carbocycles. The van der Waals surface area contributed by atoms with Crippen LogP contribution < -0.4 is 0 Å². The van der Waals surface area contributed by atoms with Crippen LogP contribution in [0.4, 0.5) is 0 Å². The lowest BCUT2D eigenvalue weighted by molar-refractivity contribution is -0.111. The molecule has 0 rings (SSSR count). The van der Waals surface area contributed by atoms with Crippen molar-refractivity contribution in [1.82, 2.24) is 0 Å². The number of hydrogen-bond donors (Lipinski definition) is 0. The number of carbonyl (C=O) groups is 1. The molecule has 0 saturated heterocycles. The van der Waals surface area contributed by atoms with Crippen LogP contribution in [0.3, 0.4) is 0 Å². The zero-order valence-corrected chi connectivity index (χ0v) is 9.21. The maximum absolute atomic E-state index is 10.5. The highest BCUT2D eigenvalue weighted by Gasteiger charge is 2.37. The van der Waals surface area contributed by atoms with Gasteiger partial charge in [0.05, 0.1) is 5.03 Å². The number of hydrogen-bond acceptors (Lipinski definition) is 1. The molecule has 0 N–H and O–H groups in total. The topological polar surface area (TPSA) is 17.1 Å². The van der Waals surface area contributed by atoms with Crippen molar-refractivity contribution < 1.29 is 4.79 Å². The molecule has 1 nitrogen and oxygen atoms in total. The van der Waals surface area contributed by atoms with Crippen molar-refractivity contribution >= 4 is 74.8 Å². The van der Waals surface area contributed by atoms with E-state index in [2.05, 4.69) is 0 Å². The second kappa shape index (κ2) is 4.40. The number of halogens is 6. The number of alkyl halides is 2. The molecule has 0 aliphatic heterocycles. The molecule has 0 aliphatic rings. The van der Waals surface area contributed by atoms with Crippen LogP contribution in [0.5, 0.6) is 0 Å². The van der Waals surface area contributed by atoms with Gasteiger partial charge in [-0.2, -0.15) is 0 Å². The Kier molecular flexibility index (Phi) is 4.86. The van der Waals surface area contributed by atoms with Gasteiger partial charge in [0.15, 0.2) is 0 Å². The Balaban J connectivity index is 4.86. The standard InChI is InChI=1S/C4Cl6O/c5-1(2(6)7)4(9,10)3(8)11. The zero-order valence-electron chi connectivity index (χ0n) is 4.68. The first-order valence-electron chi connectivity index (χ1n) is 2.09. The van der Waals surface area contributed by atoms with E-state index in [1.165, 1.54) is 0 Å². The second-order valence-electron chi connectivity index (χ2n) is 1.42. The fourth-order valence-electron chi connectivity index (χ4n) is 0.205. The van der Waals surface area contributed by atoms with Crippen LogP contribution in [0.25, 0.3) is 0 Å². The van der Waals surface area contributed by atoms with Crippen molar-refractivity contribution in [3.63, 3.8) is 0 Å². The monoisotopic (exact) mass is 274 g/mol. The third-order valence-electron chi connectivity index (χ3n) is 0.688. The highest BCUT2D eigenvalue weighted by atomic mass is 35.5. The van der Waals surface area contributed by atoms with Gasteiger partial charge in [0, 0.05) is 0 Å². The molecule has 64 valence electrons. The van der Waals surface area contributed by atoms with Crippen LogP contribution in [-0.2, 0) is 4.79 Å². The van der Waals surface area contributed by atoms with E-state index in [9.17, 15) is 4.79 Å². The van der Waals surface area contributed by atoms with E-state index >= 15 is 0 Å². The summed E-state index contributed by atoms with van der Waals surface area (Å²) in [6.45, 7) is 0. The lowest BCUT2D eigenvalue weighted by Crippen LogP contribution is -2.21. The highest BCUT2D eigenvalue weighted by Crippen LogP contribution is 2.39. The fourth-order valence-corrected chi connectivity index (χ4v) is 1.10. The predicted molar refractivity (Wildman–Crippen MR) is 49.9 cm³/mol. The fraction of sp³-hybridized carbons (Fsp3) is 0.250. The Morgan fingerprint density at radius 2 is 1.36 bits per heavy atom. The maximum Gasteiger partial charge on any atom is 0.263 e. The Bertz CT molecular complexity index is 203. The van der Waals surface area contributed by atoms with Gasteiger partial charge in [-0.15, -0.1) is 0 Å². The van der Waals surface area contributed by atoms with Crippen LogP contribution in [-0.4, -0.2) is 9.58 Å². The predicted octanol–water partition coefficient (Wildman–Crippen LogP) is 3.81. The molecule has 0 saturated carbocycles. The van der Waals surface area contributed by atoms with Gasteiger partial charge in [0.2, 0.25) is 4.33 Å². The second-order valence-corrected chi connectivity index (χ2v) is 4.42. The first kappa shape index (κ1) is 12.2. The average Bonchev–Trinajstić information content (AvgIpc) is 1.85. The number of carbonyl (C=O) groups excluding carboxylic acids is 1. The summed E-state index contributed by atoms with van der Waals surface area (Å²) < 4.78 is -2.47. The van der Waals surface area contributed by atoms with Gasteiger partial charge in [-0.1, -0.05) is 58.0 Å². The first-order chi connectivity index (χ1) is 4.80. The normalized spacial score (nSPS) is 11.1. The minimum atomic E-state index is -2.07. The third-order valence-corrected chi connectivity index (χ3v) is 3.12. The van der Waals surface area contributed by atoms with Gasteiger partial charge < -0.3 is 0 Å². The van der Waals surface area contributed by atoms with Gasteiger partial charge in [-0.05, 0) is 11.6 Å². The van der Waals surface area contributed by atoms with Crippen LogP contribution in [0.15, 0.2) is 9.52 Å². The third kappa shape index (κ3) is 3.17. The van der Waals surface area contributed by atoms with Crippen molar-refractivity contribution in [1.29, 1.82) is 0 Å². The van der Waals surface area contributed by atoms with Gasteiger partial charge in [-0.25, -0.2) is 0 Å². The molecule has 0 fully saturated rings. The van der Waals surface area contributed by atoms with Crippen molar-refractivity contribution in [2.45, 2.75) is 4.33 Å². The van der Waals surface area contributed by atoms with Gasteiger partial charge in [0.25, 0.3) is 5.24 Å². The molecule has 0 bridgehead atoms. The molecule has 0 aromatic heterocycles.